The van der Waals surface area contributed by atoms with Crippen LogP contribution in [0.4, 0.5) is 0 Å². The van der Waals surface area contributed by atoms with E-state index in [-0.39, 0.29) is 5.78 Å². The van der Waals surface area contributed by atoms with Crippen LogP contribution in [0.15, 0.2) is 59.5 Å². The lowest BCUT2D eigenvalue weighted by atomic mass is 9.99. The molecule has 0 radical (unpaired) electrons. The van der Waals surface area contributed by atoms with Gasteiger partial charge in [-0.25, -0.2) is 0 Å². The minimum absolute atomic E-state index is 0.216. The molecule has 0 N–H and O–H groups in total. The van der Waals surface area contributed by atoms with Gasteiger partial charge in [0.15, 0.2) is 5.78 Å². The molecular formula is C25H24ClNO2S. The van der Waals surface area contributed by atoms with Crippen LogP contribution in [-0.2, 0) is 0 Å². The van der Waals surface area contributed by atoms with E-state index in [0.717, 1.165) is 65.5 Å². The number of hydrogen-bond acceptors (Lipinski definition) is 4. The molecule has 1 unspecified atom stereocenters. The second-order valence-electron chi connectivity index (χ2n) is 8.07. The Hall–Kier alpha value is -2.01. The van der Waals surface area contributed by atoms with Gasteiger partial charge in [-0.15, -0.1) is 11.8 Å². The molecule has 0 bridgehead atoms. The van der Waals surface area contributed by atoms with E-state index in [1.54, 1.807) is 0 Å². The SMILES string of the molecule is O=C(CCN1CCC(c2ccc(Cl)cc2)C1)c1ccc2cc3c(cc2c1)SCCO3. The largest absolute Gasteiger partial charge is 0.492 e. The fourth-order valence-electron chi connectivity index (χ4n) is 4.40. The van der Waals surface area contributed by atoms with Crippen LogP contribution < -0.4 is 4.74 Å². The highest BCUT2D eigenvalue weighted by Gasteiger charge is 2.24. The zero-order valence-electron chi connectivity index (χ0n) is 16.8. The summed E-state index contributed by atoms with van der Waals surface area (Å²) in [6.07, 6.45) is 1.69. The number of hydrogen-bond donors (Lipinski definition) is 0. The van der Waals surface area contributed by atoms with Crippen LogP contribution in [0.25, 0.3) is 10.8 Å². The number of carbonyl (C=O) groups is 1. The highest BCUT2D eigenvalue weighted by molar-refractivity contribution is 7.99. The number of thioether (sulfide) groups is 1. The van der Waals surface area contributed by atoms with Gasteiger partial charge in [-0.2, -0.15) is 0 Å². The number of benzene rings is 3. The van der Waals surface area contributed by atoms with Gasteiger partial charge in [-0.1, -0.05) is 35.9 Å². The third-order valence-corrected chi connectivity index (χ3v) is 7.34. The van der Waals surface area contributed by atoms with E-state index < -0.39 is 0 Å². The van der Waals surface area contributed by atoms with Gasteiger partial charge in [0.1, 0.15) is 5.75 Å². The van der Waals surface area contributed by atoms with E-state index in [4.69, 9.17) is 16.3 Å². The Kier molecular flexibility index (Phi) is 5.72. The Labute approximate surface area is 186 Å². The summed E-state index contributed by atoms with van der Waals surface area (Å²) in [6.45, 7) is 3.63. The van der Waals surface area contributed by atoms with Crippen LogP contribution in [0.3, 0.4) is 0 Å². The molecule has 2 aliphatic rings. The fourth-order valence-corrected chi connectivity index (χ4v) is 5.39. The Bertz CT molecular complexity index is 1080. The predicted molar refractivity (Wildman–Crippen MR) is 124 cm³/mol. The number of rotatable bonds is 5. The van der Waals surface area contributed by atoms with Crippen LogP contribution in [-0.4, -0.2) is 42.7 Å². The third kappa shape index (κ3) is 4.22. The van der Waals surface area contributed by atoms with E-state index in [1.165, 1.54) is 10.5 Å². The number of Topliss-reactive ketones (excluding diaryl/α,β-unsaturated/α-hetero) is 1. The van der Waals surface area contributed by atoms with Gasteiger partial charge in [-0.3, -0.25) is 4.79 Å². The van der Waals surface area contributed by atoms with Crippen LogP contribution in [0.5, 0.6) is 5.75 Å². The number of fused-ring (bicyclic) bond motifs is 2. The van der Waals surface area contributed by atoms with Crippen LogP contribution in [0.2, 0.25) is 5.02 Å². The van der Waals surface area contributed by atoms with Gasteiger partial charge in [-0.05, 0) is 65.6 Å². The first-order chi connectivity index (χ1) is 14.7. The molecule has 0 amide bonds. The lowest BCUT2D eigenvalue weighted by Gasteiger charge is -2.18. The second-order valence-corrected chi connectivity index (χ2v) is 9.64. The molecule has 3 aromatic carbocycles. The van der Waals surface area contributed by atoms with Gasteiger partial charge in [0, 0.05) is 35.8 Å². The van der Waals surface area contributed by atoms with Crippen molar-refractivity contribution in [1.29, 1.82) is 0 Å². The molecule has 0 saturated carbocycles. The molecule has 3 aromatic rings. The van der Waals surface area contributed by atoms with Gasteiger partial charge in [0.25, 0.3) is 0 Å². The number of ketones is 1. The maximum Gasteiger partial charge on any atom is 0.164 e. The molecule has 5 heteroatoms. The number of ether oxygens (including phenoxy) is 1. The maximum atomic E-state index is 12.9. The fraction of sp³-hybridized carbons (Fsp3) is 0.320. The van der Waals surface area contributed by atoms with Crippen molar-refractivity contribution >= 4 is 39.9 Å². The third-order valence-electron chi connectivity index (χ3n) is 6.09. The molecule has 1 fully saturated rings. The lowest BCUT2D eigenvalue weighted by Crippen LogP contribution is -2.23. The molecule has 3 nitrogen and oxygen atoms in total. The van der Waals surface area contributed by atoms with Crippen molar-refractivity contribution in [2.75, 3.05) is 32.0 Å². The minimum Gasteiger partial charge on any atom is -0.492 e. The average molecular weight is 438 g/mol. The molecule has 0 aliphatic carbocycles. The van der Waals surface area contributed by atoms with Crippen LogP contribution in [0, 0.1) is 0 Å². The zero-order chi connectivity index (χ0) is 20.5. The Morgan fingerprint density at radius 1 is 1.10 bits per heavy atom. The number of carbonyl (C=O) groups excluding carboxylic acids is 1. The Balaban J connectivity index is 1.22. The lowest BCUT2D eigenvalue weighted by molar-refractivity contribution is 0.0969. The zero-order valence-corrected chi connectivity index (χ0v) is 18.3. The van der Waals surface area contributed by atoms with Gasteiger partial charge < -0.3 is 9.64 Å². The van der Waals surface area contributed by atoms with Gasteiger partial charge >= 0.3 is 0 Å². The Morgan fingerprint density at radius 2 is 1.97 bits per heavy atom. The average Bonchev–Trinajstić information content (AvgIpc) is 3.25. The summed E-state index contributed by atoms with van der Waals surface area (Å²) in [5.74, 6) is 2.68. The van der Waals surface area contributed by atoms with Crippen molar-refractivity contribution in [3.63, 3.8) is 0 Å². The van der Waals surface area contributed by atoms with E-state index in [2.05, 4.69) is 29.2 Å². The minimum atomic E-state index is 0.216. The number of likely N-dealkylation sites (tertiary alicyclic amines) is 1. The topological polar surface area (TPSA) is 29.5 Å². The van der Waals surface area contributed by atoms with Crippen molar-refractivity contribution in [3.05, 3.63) is 70.7 Å². The molecule has 0 aromatic heterocycles. The van der Waals surface area contributed by atoms with Gasteiger partial charge in [0.05, 0.1) is 11.5 Å². The Morgan fingerprint density at radius 3 is 2.83 bits per heavy atom. The monoisotopic (exact) mass is 437 g/mol. The molecule has 5 rings (SSSR count). The van der Waals surface area contributed by atoms with E-state index >= 15 is 0 Å². The summed E-state index contributed by atoms with van der Waals surface area (Å²) in [6, 6.07) is 18.4. The summed E-state index contributed by atoms with van der Waals surface area (Å²) < 4.78 is 5.75. The molecule has 1 atom stereocenters. The summed E-state index contributed by atoms with van der Waals surface area (Å²) >= 11 is 7.83. The van der Waals surface area contributed by atoms with Crippen molar-refractivity contribution in [2.24, 2.45) is 0 Å². The first-order valence-corrected chi connectivity index (χ1v) is 11.9. The maximum absolute atomic E-state index is 12.9. The number of nitrogens with zero attached hydrogens (tertiary/aromatic N) is 1. The smallest absolute Gasteiger partial charge is 0.164 e. The standard InChI is InChI=1S/C25H24ClNO2S/c26-22-5-3-17(4-6-22)20-7-9-27(16-20)10-8-23(28)19-2-1-18-14-24-25(15-21(18)13-19)30-12-11-29-24/h1-6,13-15,20H,7-12,16H2. The molecule has 2 heterocycles. The van der Waals surface area contributed by atoms with E-state index in [0.29, 0.717) is 12.3 Å². The van der Waals surface area contributed by atoms with Crippen molar-refractivity contribution in [2.45, 2.75) is 23.7 Å². The van der Waals surface area contributed by atoms with Gasteiger partial charge in [0.2, 0.25) is 0 Å². The normalized spacial score (nSPS) is 18.9. The molecule has 30 heavy (non-hydrogen) atoms. The predicted octanol–water partition coefficient (Wildman–Crippen LogP) is 6.04. The summed E-state index contributed by atoms with van der Waals surface area (Å²) in [5, 5.41) is 3.01. The molecule has 1 saturated heterocycles. The molecule has 154 valence electrons. The summed E-state index contributed by atoms with van der Waals surface area (Å²) in [5.41, 5.74) is 2.14. The highest BCUT2D eigenvalue weighted by atomic mass is 35.5. The number of halogens is 1. The van der Waals surface area contributed by atoms with Crippen LogP contribution in [0.1, 0.15) is 34.7 Å². The molecule has 0 spiro atoms. The summed E-state index contributed by atoms with van der Waals surface area (Å²) in [7, 11) is 0. The highest BCUT2D eigenvalue weighted by Crippen LogP contribution is 2.37. The first kappa shape index (κ1) is 19.9. The molecule has 2 aliphatic heterocycles. The first-order valence-electron chi connectivity index (χ1n) is 10.5. The van der Waals surface area contributed by atoms with E-state index in [9.17, 15) is 4.79 Å². The van der Waals surface area contributed by atoms with Crippen molar-refractivity contribution < 1.29 is 9.53 Å². The quantitative estimate of drug-likeness (QED) is 0.455. The molecular weight excluding hydrogens is 414 g/mol. The summed E-state index contributed by atoms with van der Waals surface area (Å²) in [4.78, 5) is 16.4. The van der Waals surface area contributed by atoms with Crippen molar-refractivity contribution in [1.82, 2.24) is 4.90 Å². The van der Waals surface area contributed by atoms with Crippen LogP contribution >= 0.6 is 23.4 Å². The van der Waals surface area contributed by atoms with E-state index in [1.807, 2.05) is 42.1 Å². The van der Waals surface area contributed by atoms with Crippen molar-refractivity contribution in [3.8, 4) is 5.75 Å². The second kappa shape index (κ2) is 8.62.